The van der Waals surface area contributed by atoms with Gasteiger partial charge in [0, 0.05) is 22.7 Å². The standard InChI is InChI=1S/C17H17ClN4OS/c1-10(2)9-22-16(23)14(20-17(22)24)7-12-8-19-21-15(12)11-3-5-13(18)6-4-11/h3-8,10,23H,9H2,1-2H3,(H,20,24)/b12-7+. The molecule has 24 heavy (non-hydrogen) atoms. The number of nitrogens with one attached hydrogen (secondary N) is 1. The number of halogens is 1. The fourth-order valence-electron chi connectivity index (χ4n) is 2.48. The third kappa shape index (κ3) is 3.34. The number of aromatic nitrogens is 2. The van der Waals surface area contributed by atoms with Crippen LogP contribution >= 0.6 is 23.8 Å². The highest BCUT2D eigenvalue weighted by Gasteiger charge is 2.16. The average Bonchev–Trinajstić information content (AvgIpc) is 3.09. The maximum Gasteiger partial charge on any atom is 0.217 e. The number of nitrogens with zero attached hydrogens (tertiary/aromatic N) is 3. The van der Waals surface area contributed by atoms with Crippen molar-refractivity contribution < 1.29 is 5.11 Å². The second-order valence-electron chi connectivity index (χ2n) is 5.97. The van der Waals surface area contributed by atoms with E-state index in [2.05, 4.69) is 29.0 Å². The molecule has 2 heterocycles. The molecule has 0 aliphatic carbocycles. The van der Waals surface area contributed by atoms with Crippen molar-refractivity contribution in [3.8, 4) is 5.88 Å². The lowest BCUT2D eigenvalue weighted by Crippen LogP contribution is -2.04. The molecule has 2 aromatic rings. The number of hydrogen-bond donors (Lipinski definition) is 2. The molecule has 2 N–H and O–H groups in total. The van der Waals surface area contributed by atoms with Crippen LogP contribution in [0, 0.1) is 10.7 Å². The summed E-state index contributed by atoms with van der Waals surface area (Å²) in [4.78, 5) is 3.04. The number of H-pyrrole nitrogens is 1. The molecule has 0 atom stereocenters. The fourth-order valence-corrected chi connectivity index (χ4v) is 2.87. The van der Waals surface area contributed by atoms with Crippen molar-refractivity contribution in [2.75, 3.05) is 0 Å². The van der Waals surface area contributed by atoms with Gasteiger partial charge in [0.05, 0.1) is 6.21 Å². The van der Waals surface area contributed by atoms with E-state index in [1.54, 1.807) is 29.0 Å². The van der Waals surface area contributed by atoms with Crippen LogP contribution < -0.4 is 0 Å². The largest absolute Gasteiger partial charge is 0.493 e. The van der Waals surface area contributed by atoms with Crippen molar-refractivity contribution in [3.05, 3.63) is 50.9 Å². The van der Waals surface area contributed by atoms with Gasteiger partial charge in [-0.25, -0.2) is 0 Å². The molecule has 0 saturated carbocycles. The highest BCUT2D eigenvalue weighted by Crippen LogP contribution is 2.24. The maximum absolute atomic E-state index is 10.4. The summed E-state index contributed by atoms with van der Waals surface area (Å²) in [5.74, 6) is 0.495. The van der Waals surface area contributed by atoms with Crippen LogP contribution in [0.1, 0.15) is 25.1 Å². The maximum atomic E-state index is 10.4. The van der Waals surface area contributed by atoms with Crippen LogP contribution in [0.2, 0.25) is 5.02 Å². The highest BCUT2D eigenvalue weighted by molar-refractivity contribution is 7.71. The summed E-state index contributed by atoms with van der Waals surface area (Å²) in [6.45, 7) is 4.79. The Bertz CT molecular complexity index is 904. The van der Waals surface area contributed by atoms with Gasteiger partial charge < -0.3 is 10.1 Å². The van der Waals surface area contributed by atoms with Gasteiger partial charge in [-0.3, -0.25) is 4.57 Å². The molecule has 0 fully saturated rings. The van der Waals surface area contributed by atoms with Crippen molar-refractivity contribution >= 4 is 41.8 Å². The van der Waals surface area contributed by atoms with Gasteiger partial charge in [-0.1, -0.05) is 37.6 Å². The van der Waals surface area contributed by atoms with Gasteiger partial charge in [-0.05, 0) is 36.3 Å². The number of aromatic hydroxyl groups is 1. The zero-order chi connectivity index (χ0) is 17.3. The molecule has 0 radical (unpaired) electrons. The van der Waals surface area contributed by atoms with Crippen LogP contribution in [0.5, 0.6) is 5.88 Å². The SMILES string of the molecule is CC(C)Cn1c(O)c(/C=C2\C=NN=C2c2ccc(Cl)cc2)[nH]c1=S. The van der Waals surface area contributed by atoms with E-state index in [4.69, 9.17) is 23.8 Å². The summed E-state index contributed by atoms with van der Waals surface area (Å²) < 4.78 is 2.19. The fraction of sp³-hybridized carbons (Fsp3) is 0.235. The molecule has 1 aliphatic rings. The Morgan fingerprint density at radius 1 is 1.33 bits per heavy atom. The summed E-state index contributed by atoms with van der Waals surface area (Å²) in [7, 11) is 0. The van der Waals surface area contributed by atoms with Crippen LogP contribution in [0.15, 0.2) is 40.0 Å². The van der Waals surface area contributed by atoms with E-state index in [-0.39, 0.29) is 5.88 Å². The second-order valence-corrected chi connectivity index (χ2v) is 6.79. The molecule has 0 bridgehead atoms. The summed E-state index contributed by atoms with van der Waals surface area (Å²) in [5, 5.41) is 19.2. The van der Waals surface area contributed by atoms with Gasteiger partial charge >= 0.3 is 0 Å². The second kappa shape index (κ2) is 6.75. The van der Waals surface area contributed by atoms with Crippen LogP contribution in [0.25, 0.3) is 6.08 Å². The number of rotatable bonds is 4. The minimum atomic E-state index is 0.122. The number of allylic oxidation sites excluding steroid dienone is 1. The van der Waals surface area contributed by atoms with Crippen molar-refractivity contribution in [1.82, 2.24) is 9.55 Å². The molecule has 1 aromatic heterocycles. The minimum Gasteiger partial charge on any atom is -0.493 e. The molecule has 0 unspecified atom stereocenters. The number of imidazole rings is 1. The van der Waals surface area contributed by atoms with Gasteiger partial charge in [0.15, 0.2) is 4.77 Å². The lowest BCUT2D eigenvalue weighted by Gasteiger charge is -2.07. The van der Waals surface area contributed by atoms with E-state index in [9.17, 15) is 5.11 Å². The number of benzene rings is 1. The normalized spacial score (nSPS) is 15.5. The monoisotopic (exact) mass is 360 g/mol. The summed E-state index contributed by atoms with van der Waals surface area (Å²) in [6.07, 6.45) is 3.45. The third-order valence-electron chi connectivity index (χ3n) is 3.58. The topological polar surface area (TPSA) is 65.7 Å². The van der Waals surface area contributed by atoms with Gasteiger partial charge in [0.2, 0.25) is 5.88 Å². The van der Waals surface area contributed by atoms with Crippen molar-refractivity contribution in [2.24, 2.45) is 16.1 Å². The number of hydrogen-bond acceptors (Lipinski definition) is 4. The first kappa shape index (κ1) is 16.7. The highest BCUT2D eigenvalue weighted by atomic mass is 35.5. The minimum absolute atomic E-state index is 0.122. The van der Waals surface area contributed by atoms with Crippen LogP contribution in [0.4, 0.5) is 0 Å². The Kier molecular flexibility index (Phi) is 4.69. The zero-order valence-corrected chi connectivity index (χ0v) is 14.9. The molecule has 0 saturated heterocycles. The number of aromatic amines is 1. The smallest absolute Gasteiger partial charge is 0.217 e. The molecule has 7 heteroatoms. The van der Waals surface area contributed by atoms with Crippen LogP contribution in [0.3, 0.4) is 0 Å². The average molecular weight is 361 g/mol. The molecule has 3 rings (SSSR count). The van der Waals surface area contributed by atoms with E-state index in [0.717, 1.165) is 16.8 Å². The molecule has 0 spiro atoms. The van der Waals surface area contributed by atoms with E-state index in [1.165, 1.54) is 0 Å². The molecular weight excluding hydrogens is 344 g/mol. The molecule has 124 valence electrons. The third-order valence-corrected chi connectivity index (χ3v) is 4.15. The zero-order valence-electron chi connectivity index (χ0n) is 13.3. The van der Waals surface area contributed by atoms with Crippen LogP contribution in [-0.4, -0.2) is 26.6 Å². The summed E-state index contributed by atoms with van der Waals surface area (Å²) in [5.41, 5.74) is 2.97. The molecule has 5 nitrogen and oxygen atoms in total. The molecule has 0 amide bonds. The molecular formula is C17H17ClN4OS. The van der Waals surface area contributed by atoms with Gasteiger partial charge in [0.25, 0.3) is 0 Å². The lowest BCUT2D eigenvalue weighted by molar-refractivity contribution is 0.392. The van der Waals surface area contributed by atoms with E-state index in [0.29, 0.717) is 28.0 Å². The Hall–Kier alpha value is -2.18. The van der Waals surface area contributed by atoms with Gasteiger partial charge in [0.1, 0.15) is 11.4 Å². The Morgan fingerprint density at radius 3 is 2.71 bits per heavy atom. The predicted octanol–water partition coefficient (Wildman–Crippen LogP) is 4.43. The van der Waals surface area contributed by atoms with E-state index >= 15 is 0 Å². The van der Waals surface area contributed by atoms with Crippen LogP contribution in [-0.2, 0) is 6.54 Å². The first-order valence-corrected chi connectivity index (χ1v) is 8.35. The van der Waals surface area contributed by atoms with E-state index in [1.807, 2.05) is 12.1 Å². The predicted molar refractivity (Wildman–Crippen MR) is 101 cm³/mol. The van der Waals surface area contributed by atoms with Crippen molar-refractivity contribution in [1.29, 1.82) is 0 Å². The Morgan fingerprint density at radius 2 is 2.04 bits per heavy atom. The first-order chi connectivity index (χ1) is 11.5. The van der Waals surface area contributed by atoms with Gasteiger partial charge in [-0.2, -0.15) is 5.10 Å². The molecule has 1 aromatic carbocycles. The Balaban J connectivity index is 1.97. The molecule has 1 aliphatic heterocycles. The summed E-state index contributed by atoms with van der Waals surface area (Å²) >= 11 is 11.2. The lowest BCUT2D eigenvalue weighted by atomic mass is 10.0. The first-order valence-electron chi connectivity index (χ1n) is 7.56. The van der Waals surface area contributed by atoms with Crippen molar-refractivity contribution in [2.45, 2.75) is 20.4 Å². The van der Waals surface area contributed by atoms with Crippen molar-refractivity contribution in [3.63, 3.8) is 0 Å². The quantitative estimate of drug-likeness (QED) is 0.792. The summed E-state index contributed by atoms with van der Waals surface area (Å²) in [6, 6.07) is 7.38. The van der Waals surface area contributed by atoms with Gasteiger partial charge in [-0.15, -0.1) is 5.10 Å². The Labute approximate surface area is 150 Å². The van der Waals surface area contributed by atoms with E-state index < -0.39 is 0 Å².